The van der Waals surface area contributed by atoms with E-state index in [1.807, 2.05) is 24.3 Å². The number of nitro groups is 1. The van der Waals surface area contributed by atoms with Crippen LogP contribution in [0.1, 0.15) is 42.7 Å². The average Bonchev–Trinajstić information content (AvgIpc) is 2.82. The number of carbonyl (C=O) groups is 2. The zero-order valence-electron chi connectivity index (χ0n) is 18.6. The van der Waals surface area contributed by atoms with E-state index in [0.717, 1.165) is 11.3 Å². The molecule has 0 N–H and O–H groups in total. The minimum atomic E-state index is -0.767. The van der Waals surface area contributed by atoms with E-state index in [4.69, 9.17) is 9.47 Å². The molecule has 0 spiro atoms. The molecule has 1 aliphatic heterocycles. The van der Waals surface area contributed by atoms with Gasteiger partial charge in [-0.05, 0) is 42.5 Å². The Balaban J connectivity index is 1.77. The predicted molar refractivity (Wildman–Crippen MR) is 121 cm³/mol. The van der Waals surface area contributed by atoms with Gasteiger partial charge in [-0.25, -0.2) is 0 Å². The van der Waals surface area contributed by atoms with Crippen LogP contribution in [-0.4, -0.2) is 36.6 Å². The van der Waals surface area contributed by atoms with Crippen molar-refractivity contribution in [1.29, 1.82) is 0 Å². The molecule has 1 unspecified atom stereocenters. The van der Waals surface area contributed by atoms with Gasteiger partial charge in [0.15, 0.2) is 5.78 Å². The van der Waals surface area contributed by atoms with Gasteiger partial charge in [0.2, 0.25) is 0 Å². The van der Waals surface area contributed by atoms with Crippen LogP contribution >= 0.6 is 0 Å². The Bertz CT molecular complexity index is 1160. The highest BCUT2D eigenvalue weighted by Gasteiger charge is 2.44. The molecule has 2 aromatic rings. The summed E-state index contributed by atoms with van der Waals surface area (Å²) in [6, 6.07) is 13.6. The van der Waals surface area contributed by atoms with E-state index in [2.05, 4.69) is 4.99 Å². The summed E-state index contributed by atoms with van der Waals surface area (Å²) < 4.78 is 10.3. The van der Waals surface area contributed by atoms with Gasteiger partial charge >= 0.3 is 5.97 Å². The number of nitro benzene ring substituents is 1. The molecule has 8 nitrogen and oxygen atoms in total. The Labute approximate surface area is 191 Å². The number of benzene rings is 2. The Morgan fingerprint density at radius 3 is 2.24 bits per heavy atom. The van der Waals surface area contributed by atoms with Crippen LogP contribution in [0.3, 0.4) is 0 Å². The second-order valence-electron chi connectivity index (χ2n) is 8.24. The van der Waals surface area contributed by atoms with Gasteiger partial charge in [0, 0.05) is 41.5 Å². The zero-order valence-corrected chi connectivity index (χ0v) is 18.6. The number of non-ortho nitro benzene ring substituents is 1. The topological polar surface area (TPSA) is 108 Å². The lowest BCUT2D eigenvalue weighted by Gasteiger charge is -2.36. The van der Waals surface area contributed by atoms with Gasteiger partial charge < -0.3 is 9.47 Å². The van der Waals surface area contributed by atoms with E-state index in [0.29, 0.717) is 29.0 Å². The highest BCUT2D eigenvalue weighted by atomic mass is 16.6. The molecule has 0 aromatic heterocycles. The molecule has 0 bridgehead atoms. The second-order valence-corrected chi connectivity index (χ2v) is 8.24. The van der Waals surface area contributed by atoms with E-state index in [1.54, 1.807) is 26.2 Å². The van der Waals surface area contributed by atoms with E-state index in [1.165, 1.54) is 19.2 Å². The third-order valence-corrected chi connectivity index (χ3v) is 6.39. The monoisotopic (exact) mass is 448 g/mol. The molecule has 4 rings (SSSR count). The number of ether oxygens (including phenoxy) is 2. The van der Waals surface area contributed by atoms with Gasteiger partial charge in [-0.1, -0.05) is 24.3 Å². The normalized spacial score (nSPS) is 22.3. The lowest BCUT2D eigenvalue weighted by Crippen LogP contribution is -2.37. The first-order valence-electron chi connectivity index (χ1n) is 10.6. The number of esters is 1. The summed E-state index contributed by atoms with van der Waals surface area (Å²) in [6.45, 7) is 1.76. The Morgan fingerprint density at radius 1 is 1.03 bits per heavy atom. The smallest absolute Gasteiger partial charge is 0.315 e. The first-order valence-corrected chi connectivity index (χ1v) is 10.6. The van der Waals surface area contributed by atoms with Crippen molar-refractivity contribution in [3.05, 3.63) is 81.0 Å². The summed E-state index contributed by atoms with van der Waals surface area (Å²) in [4.78, 5) is 41.4. The third kappa shape index (κ3) is 4.16. The molecule has 3 atom stereocenters. The van der Waals surface area contributed by atoms with Crippen molar-refractivity contribution in [2.45, 2.75) is 31.6 Å². The molecule has 0 saturated heterocycles. The van der Waals surface area contributed by atoms with Gasteiger partial charge in [0.05, 0.1) is 19.1 Å². The summed E-state index contributed by atoms with van der Waals surface area (Å²) in [5.41, 5.74) is 3.33. The van der Waals surface area contributed by atoms with Crippen LogP contribution in [0.5, 0.6) is 5.75 Å². The van der Waals surface area contributed by atoms with Gasteiger partial charge in [0.1, 0.15) is 11.7 Å². The fraction of sp³-hybridized carbons (Fsp3) is 0.320. The molecule has 2 aliphatic rings. The Hall–Kier alpha value is -3.81. The average molecular weight is 448 g/mol. The molecular weight excluding hydrogens is 424 g/mol. The number of allylic oxidation sites excluding steroid dienone is 2. The molecule has 1 heterocycles. The summed E-state index contributed by atoms with van der Waals surface area (Å²) >= 11 is 0. The van der Waals surface area contributed by atoms with Gasteiger partial charge in [0.25, 0.3) is 5.69 Å². The van der Waals surface area contributed by atoms with Crippen LogP contribution in [0.4, 0.5) is 5.69 Å². The van der Waals surface area contributed by atoms with Crippen LogP contribution in [0, 0.1) is 16.0 Å². The number of rotatable bonds is 5. The zero-order chi connectivity index (χ0) is 23.7. The molecule has 0 radical (unpaired) electrons. The van der Waals surface area contributed by atoms with E-state index >= 15 is 0 Å². The SMILES string of the molecule is COC(=O)C1C(C)=NC2=C(C(=O)C[C@@H](c3ccc(OC)cc3)C2)[C@@H]1c1ccc([N+](=O)[O-])cc1. The largest absolute Gasteiger partial charge is 0.497 e. The maximum Gasteiger partial charge on any atom is 0.315 e. The molecule has 170 valence electrons. The molecule has 2 aromatic carbocycles. The molecule has 1 aliphatic carbocycles. The predicted octanol–water partition coefficient (Wildman–Crippen LogP) is 4.35. The number of Topliss-reactive ketones (excluding diaryl/α,β-unsaturated/α-hetero) is 1. The van der Waals surface area contributed by atoms with E-state index in [-0.39, 0.29) is 23.8 Å². The highest BCUT2D eigenvalue weighted by molar-refractivity contribution is 6.09. The Morgan fingerprint density at radius 2 is 1.67 bits per heavy atom. The van der Waals surface area contributed by atoms with Crippen molar-refractivity contribution in [3.8, 4) is 5.75 Å². The molecular formula is C25H24N2O6. The minimum absolute atomic E-state index is 0.0362. The number of hydrogen-bond donors (Lipinski definition) is 0. The van der Waals surface area contributed by atoms with Crippen LogP contribution < -0.4 is 4.74 Å². The third-order valence-electron chi connectivity index (χ3n) is 6.39. The van der Waals surface area contributed by atoms with Crippen molar-refractivity contribution >= 4 is 23.2 Å². The van der Waals surface area contributed by atoms with Crippen LogP contribution in [0.2, 0.25) is 0 Å². The van der Waals surface area contributed by atoms with Crippen LogP contribution in [0.25, 0.3) is 0 Å². The summed E-state index contributed by atoms with van der Waals surface area (Å²) in [7, 11) is 2.90. The lowest BCUT2D eigenvalue weighted by atomic mass is 9.69. The van der Waals surface area contributed by atoms with Crippen molar-refractivity contribution in [2.24, 2.45) is 10.9 Å². The number of ketones is 1. The van der Waals surface area contributed by atoms with Crippen LogP contribution in [-0.2, 0) is 14.3 Å². The van der Waals surface area contributed by atoms with Crippen molar-refractivity contribution < 1.29 is 24.0 Å². The quantitative estimate of drug-likeness (QED) is 0.382. The second kappa shape index (κ2) is 8.97. The first kappa shape index (κ1) is 22.4. The number of carbonyl (C=O) groups excluding carboxylic acids is 2. The summed E-state index contributed by atoms with van der Waals surface area (Å²) in [6.07, 6.45) is 0.846. The van der Waals surface area contributed by atoms with E-state index in [9.17, 15) is 19.7 Å². The number of methoxy groups -OCH3 is 2. The van der Waals surface area contributed by atoms with Gasteiger partial charge in [-0.3, -0.25) is 24.7 Å². The highest BCUT2D eigenvalue weighted by Crippen LogP contribution is 2.47. The number of aliphatic imine (C=N–C) groups is 1. The van der Waals surface area contributed by atoms with Crippen molar-refractivity contribution in [3.63, 3.8) is 0 Å². The van der Waals surface area contributed by atoms with Gasteiger partial charge in [-0.15, -0.1) is 0 Å². The summed E-state index contributed by atoms with van der Waals surface area (Å²) in [5.74, 6) is -1.23. The lowest BCUT2D eigenvalue weighted by molar-refractivity contribution is -0.384. The first-order chi connectivity index (χ1) is 15.8. The number of hydrogen-bond acceptors (Lipinski definition) is 7. The van der Waals surface area contributed by atoms with Crippen molar-refractivity contribution in [2.75, 3.05) is 14.2 Å². The molecule has 0 amide bonds. The molecule has 8 heteroatoms. The van der Waals surface area contributed by atoms with Crippen molar-refractivity contribution in [1.82, 2.24) is 0 Å². The standard InChI is InChI=1S/C25H24N2O6/c1-14-22(25(29)33-3)23(16-4-8-18(9-5-16)27(30)31)24-20(26-14)12-17(13-21(24)28)15-6-10-19(32-2)11-7-15/h4-11,17,22-23H,12-13H2,1-3H3/t17-,22?,23+/m0/s1. The maximum atomic E-state index is 13.4. The molecule has 0 fully saturated rings. The Kier molecular flexibility index (Phi) is 6.09. The summed E-state index contributed by atoms with van der Waals surface area (Å²) in [5, 5.41) is 11.1. The molecule has 0 saturated carbocycles. The minimum Gasteiger partial charge on any atom is -0.497 e. The molecule has 33 heavy (non-hydrogen) atoms. The van der Waals surface area contributed by atoms with Gasteiger partial charge in [-0.2, -0.15) is 0 Å². The fourth-order valence-corrected chi connectivity index (χ4v) is 4.77. The van der Waals surface area contributed by atoms with E-state index < -0.39 is 22.7 Å². The number of nitrogens with zero attached hydrogens (tertiary/aromatic N) is 2. The maximum absolute atomic E-state index is 13.4. The van der Waals surface area contributed by atoms with Crippen LogP contribution in [0.15, 0.2) is 64.8 Å². The fourth-order valence-electron chi connectivity index (χ4n) is 4.77.